The monoisotopic (exact) mass is 254 g/mol. The maximum absolute atomic E-state index is 11.0. The third kappa shape index (κ3) is 9.41. The summed E-state index contributed by atoms with van der Waals surface area (Å²) in [7, 11) is -4.80. The summed E-state index contributed by atoms with van der Waals surface area (Å²) in [5, 5.41) is 0. The molecule has 0 fully saturated rings. The Morgan fingerprint density at radius 1 is 1.19 bits per heavy atom. The van der Waals surface area contributed by atoms with E-state index in [0.29, 0.717) is 0 Å². The second-order valence-corrected chi connectivity index (χ2v) is 4.48. The zero-order chi connectivity index (χ0) is 12.8. The summed E-state index contributed by atoms with van der Waals surface area (Å²) in [5.41, 5.74) is 0. The summed E-state index contributed by atoms with van der Waals surface area (Å²) < 4.78 is 36.7. The number of hydrogen-bond donors (Lipinski definition) is 1. The first-order chi connectivity index (χ1) is 7.20. The predicted molar refractivity (Wildman–Crippen MR) is 52.7 cm³/mol. The zero-order valence-electron chi connectivity index (χ0n) is 9.00. The first-order valence-corrected chi connectivity index (χ1v) is 5.92. The molecule has 94 valence electrons. The number of ether oxygens (including phenoxy) is 1. The van der Waals surface area contributed by atoms with Gasteiger partial charge in [0.05, 0.1) is 19.4 Å². The van der Waals surface area contributed by atoms with Crippen molar-refractivity contribution in [1.29, 1.82) is 0 Å². The molecule has 1 N–H and O–H groups in total. The maximum atomic E-state index is 11.0. The van der Waals surface area contributed by atoms with E-state index in [1.54, 1.807) is 0 Å². The Labute approximate surface area is 93.7 Å². The molecule has 0 aromatic rings. The van der Waals surface area contributed by atoms with Gasteiger partial charge in [-0.2, -0.15) is 8.42 Å². The topological polar surface area (TPSA) is 107 Å². The van der Waals surface area contributed by atoms with E-state index in [1.807, 2.05) is 13.8 Å². The van der Waals surface area contributed by atoms with Crippen LogP contribution in [0.2, 0.25) is 0 Å². The maximum Gasteiger partial charge on any atom is 0.448 e. The lowest BCUT2D eigenvalue weighted by Gasteiger charge is -2.06. The molecule has 0 bridgehead atoms. The van der Waals surface area contributed by atoms with Crippen LogP contribution in [0.1, 0.15) is 26.7 Å². The number of carbonyl (C=O) groups is 2. The summed E-state index contributed by atoms with van der Waals surface area (Å²) in [6.45, 7) is 3.92. The minimum absolute atomic E-state index is 0.175. The molecule has 0 atom stereocenters. The molecular weight excluding hydrogens is 240 g/mol. The van der Waals surface area contributed by atoms with Gasteiger partial charge in [0.25, 0.3) is 0 Å². The second kappa shape index (κ2) is 6.44. The van der Waals surface area contributed by atoms with Gasteiger partial charge in [-0.05, 0) is 5.92 Å². The van der Waals surface area contributed by atoms with E-state index in [0.717, 1.165) is 0 Å². The van der Waals surface area contributed by atoms with Gasteiger partial charge in [0.15, 0.2) is 0 Å². The highest BCUT2D eigenvalue weighted by Crippen LogP contribution is 2.00. The lowest BCUT2D eigenvalue weighted by Crippen LogP contribution is -2.15. The van der Waals surface area contributed by atoms with Crippen molar-refractivity contribution in [1.82, 2.24) is 0 Å². The van der Waals surface area contributed by atoms with E-state index in [-0.39, 0.29) is 18.9 Å². The zero-order valence-corrected chi connectivity index (χ0v) is 9.82. The van der Waals surface area contributed by atoms with Gasteiger partial charge in [0.1, 0.15) is 0 Å². The third-order valence-corrected chi connectivity index (χ3v) is 1.71. The van der Waals surface area contributed by atoms with E-state index in [1.165, 1.54) is 0 Å². The van der Waals surface area contributed by atoms with E-state index in [2.05, 4.69) is 4.18 Å². The highest BCUT2D eigenvalue weighted by Gasteiger charge is 2.15. The van der Waals surface area contributed by atoms with Crippen molar-refractivity contribution in [2.45, 2.75) is 26.7 Å². The lowest BCUT2D eigenvalue weighted by molar-refractivity contribution is -0.147. The van der Waals surface area contributed by atoms with Gasteiger partial charge in [0, 0.05) is 0 Å². The van der Waals surface area contributed by atoms with Crippen LogP contribution in [0.4, 0.5) is 0 Å². The number of esters is 1. The first-order valence-electron chi connectivity index (χ1n) is 4.56. The normalized spacial score (nSPS) is 11.2. The van der Waals surface area contributed by atoms with Crippen LogP contribution in [-0.4, -0.2) is 31.5 Å². The van der Waals surface area contributed by atoms with Crippen LogP contribution in [0, 0.1) is 5.92 Å². The smallest absolute Gasteiger partial charge is 0.448 e. The van der Waals surface area contributed by atoms with Crippen LogP contribution in [0.3, 0.4) is 0 Å². The summed E-state index contributed by atoms with van der Waals surface area (Å²) in [6.07, 6.45) is -0.752. The Bertz CT molecular complexity index is 343. The molecule has 0 heterocycles. The third-order valence-electron chi connectivity index (χ3n) is 1.31. The Balaban J connectivity index is 3.80. The van der Waals surface area contributed by atoms with Crippen LogP contribution >= 0.6 is 0 Å². The van der Waals surface area contributed by atoms with Crippen molar-refractivity contribution in [2.75, 3.05) is 6.61 Å². The Morgan fingerprint density at radius 2 is 1.69 bits per heavy atom. The van der Waals surface area contributed by atoms with Crippen LogP contribution in [-0.2, 0) is 28.9 Å². The molecule has 0 radical (unpaired) electrons. The molecule has 0 saturated carbocycles. The van der Waals surface area contributed by atoms with Crippen LogP contribution in [0.5, 0.6) is 0 Å². The number of hydrogen-bond acceptors (Lipinski definition) is 6. The summed E-state index contributed by atoms with van der Waals surface area (Å²) >= 11 is 0. The van der Waals surface area contributed by atoms with Crippen molar-refractivity contribution in [2.24, 2.45) is 5.92 Å². The molecule has 0 aliphatic carbocycles. The van der Waals surface area contributed by atoms with Gasteiger partial charge in [-0.15, -0.1) is 0 Å². The van der Waals surface area contributed by atoms with E-state index < -0.39 is 28.8 Å². The highest BCUT2D eigenvalue weighted by atomic mass is 32.3. The predicted octanol–water partition coefficient (Wildman–Crippen LogP) is 0.312. The van der Waals surface area contributed by atoms with Gasteiger partial charge < -0.3 is 8.92 Å². The van der Waals surface area contributed by atoms with Crippen LogP contribution < -0.4 is 0 Å². The molecule has 0 aromatic heterocycles. The van der Waals surface area contributed by atoms with Crippen LogP contribution in [0.15, 0.2) is 0 Å². The highest BCUT2D eigenvalue weighted by molar-refractivity contribution is 7.81. The molecule has 0 aliphatic rings. The van der Waals surface area contributed by atoms with Crippen molar-refractivity contribution >= 4 is 22.3 Å². The molecular formula is C8H14O7S. The average molecular weight is 254 g/mol. The van der Waals surface area contributed by atoms with E-state index >= 15 is 0 Å². The number of rotatable bonds is 6. The first kappa shape index (κ1) is 14.8. The fraction of sp³-hybridized carbons (Fsp3) is 0.750. The fourth-order valence-corrected chi connectivity index (χ4v) is 1.01. The standard InChI is InChI=1S/C8H14O7S/c1-6(2)5-14-7(9)3-4-8(10)15-16(11,12)13/h6H,3-5H2,1-2H3,(H,11,12,13). The molecule has 0 aliphatic heterocycles. The summed E-state index contributed by atoms with van der Waals surface area (Å²) in [4.78, 5) is 21.7. The van der Waals surface area contributed by atoms with Gasteiger partial charge in [-0.1, -0.05) is 13.8 Å². The molecule has 0 aromatic carbocycles. The molecule has 16 heavy (non-hydrogen) atoms. The summed E-state index contributed by atoms with van der Waals surface area (Å²) in [6, 6.07) is 0. The molecule has 0 unspecified atom stereocenters. The Hall–Kier alpha value is -1.15. The molecule has 0 rings (SSSR count). The van der Waals surface area contributed by atoms with Crippen molar-refractivity contribution in [3.63, 3.8) is 0 Å². The Morgan fingerprint density at radius 3 is 2.12 bits per heavy atom. The largest absolute Gasteiger partial charge is 0.465 e. The molecule has 0 amide bonds. The quantitative estimate of drug-likeness (QED) is 0.537. The SMILES string of the molecule is CC(C)COC(=O)CCC(=O)OS(=O)(=O)O. The van der Waals surface area contributed by atoms with E-state index in [4.69, 9.17) is 9.29 Å². The second-order valence-electron chi connectivity index (χ2n) is 3.46. The molecule has 0 saturated heterocycles. The van der Waals surface area contributed by atoms with Crippen molar-refractivity contribution in [3.05, 3.63) is 0 Å². The Kier molecular flexibility index (Phi) is 5.97. The molecule has 7 nitrogen and oxygen atoms in total. The minimum Gasteiger partial charge on any atom is -0.465 e. The van der Waals surface area contributed by atoms with Gasteiger partial charge in [-0.25, -0.2) is 0 Å². The van der Waals surface area contributed by atoms with Crippen molar-refractivity contribution in [3.8, 4) is 0 Å². The summed E-state index contributed by atoms with van der Waals surface area (Å²) in [5.74, 6) is -1.65. The number of carbonyl (C=O) groups excluding carboxylic acids is 2. The van der Waals surface area contributed by atoms with Crippen molar-refractivity contribution < 1.29 is 31.5 Å². The minimum atomic E-state index is -4.80. The van der Waals surface area contributed by atoms with Gasteiger partial charge >= 0.3 is 22.3 Å². The van der Waals surface area contributed by atoms with Crippen LogP contribution in [0.25, 0.3) is 0 Å². The molecule has 0 spiro atoms. The lowest BCUT2D eigenvalue weighted by atomic mass is 10.2. The van der Waals surface area contributed by atoms with Gasteiger partial charge in [0.2, 0.25) is 0 Å². The van der Waals surface area contributed by atoms with Gasteiger partial charge in [-0.3, -0.25) is 14.1 Å². The average Bonchev–Trinajstić information content (AvgIpc) is 2.08. The van der Waals surface area contributed by atoms with E-state index in [9.17, 15) is 18.0 Å². The fourth-order valence-electron chi connectivity index (χ4n) is 0.695. The molecule has 8 heteroatoms.